The maximum Gasteiger partial charge on any atom is 0.258 e. The Bertz CT molecular complexity index is 1020. The molecule has 1 aliphatic rings. The number of hydrogen-bond donors (Lipinski definition) is 3. The van der Waals surface area contributed by atoms with Gasteiger partial charge in [0, 0.05) is 23.1 Å². The molecular weight excluding hydrogens is 392 g/mol. The molecule has 1 aromatic heterocycles. The first-order valence-electron chi connectivity index (χ1n) is 8.77. The number of aromatic nitrogens is 2. The number of aromatic amines is 1. The molecular formula is C20H21BrN4O. The van der Waals surface area contributed by atoms with Crippen LogP contribution in [0.25, 0.3) is 10.9 Å². The van der Waals surface area contributed by atoms with E-state index in [1.807, 2.05) is 18.2 Å². The Morgan fingerprint density at radius 1 is 1.19 bits per heavy atom. The quantitative estimate of drug-likeness (QED) is 0.603. The molecule has 0 spiro atoms. The molecule has 134 valence electrons. The molecule has 0 aliphatic carbocycles. The van der Waals surface area contributed by atoms with Gasteiger partial charge in [-0.3, -0.25) is 4.79 Å². The van der Waals surface area contributed by atoms with Crippen LogP contribution >= 0.6 is 15.9 Å². The summed E-state index contributed by atoms with van der Waals surface area (Å²) in [6, 6.07) is 14.2. The van der Waals surface area contributed by atoms with E-state index in [2.05, 4.69) is 68.6 Å². The number of benzene rings is 2. The zero-order valence-corrected chi connectivity index (χ0v) is 16.3. The van der Waals surface area contributed by atoms with E-state index >= 15 is 0 Å². The van der Waals surface area contributed by atoms with Gasteiger partial charge in [-0.05, 0) is 49.2 Å². The summed E-state index contributed by atoms with van der Waals surface area (Å²) in [4.78, 5) is 19.9. The molecule has 2 aromatic carbocycles. The summed E-state index contributed by atoms with van der Waals surface area (Å²) in [7, 11) is 0. The van der Waals surface area contributed by atoms with Crippen molar-refractivity contribution >= 4 is 26.8 Å². The van der Waals surface area contributed by atoms with Gasteiger partial charge in [0.25, 0.3) is 5.56 Å². The number of piperazine rings is 1. The summed E-state index contributed by atoms with van der Waals surface area (Å²) in [5, 5.41) is 7.85. The van der Waals surface area contributed by atoms with Crippen LogP contribution in [0, 0.1) is 6.92 Å². The van der Waals surface area contributed by atoms with Crippen molar-refractivity contribution in [2.24, 2.45) is 0 Å². The third-order valence-electron chi connectivity index (χ3n) is 5.03. The van der Waals surface area contributed by atoms with E-state index in [0.29, 0.717) is 17.8 Å². The number of nitrogens with zero attached hydrogens (tertiary/aromatic N) is 1. The third kappa shape index (κ3) is 3.20. The average Bonchev–Trinajstić information content (AvgIpc) is 2.62. The summed E-state index contributed by atoms with van der Waals surface area (Å²) in [6.07, 6.45) is 0. The van der Waals surface area contributed by atoms with Gasteiger partial charge in [-0.15, -0.1) is 0 Å². The van der Waals surface area contributed by atoms with Crippen LogP contribution in [0.15, 0.2) is 51.7 Å². The summed E-state index contributed by atoms with van der Waals surface area (Å²) in [6.45, 7) is 4.99. The van der Waals surface area contributed by atoms with Crippen LogP contribution in [0.4, 0.5) is 0 Å². The topological polar surface area (TPSA) is 69.8 Å². The Hall–Kier alpha value is -2.02. The molecule has 3 atom stereocenters. The van der Waals surface area contributed by atoms with Gasteiger partial charge in [0.2, 0.25) is 0 Å². The molecule has 0 bridgehead atoms. The molecule has 0 amide bonds. The van der Waals surface area contributed by atoms with E-state index in [1.165, 1.54) is 11.1 Å². The van der Waals surface area contributed by atoms with Crippen LogP contribution in [0.3, 0.4) is 0 Å². The van der Waals surface area contributed by atoms with Gasteiger partial charge in [-0.2, -0.15) is 0 Å². The fraction of sp³-hybridized carbons (Fsp3) is 0.300. The van der Waals surface area contributed by atoms with Gasteiger partial charge < -0.3 is 15.6 Å². The second-order valence-corrected chi connectivity index (χ2v) is 7.78. The van der Waals surface area contributed by atoms with Crippen LogP contribution in [-0.2, 0) is 0 Å². The van der Waals surface area contributed by atoms with Gasteiger partial charge in [-0.1, -0.05) is 34.1 Å². The Labute approximate surface area is 160 Å². The van der Waals surface area contributed by atoms with E-state index in [1.54, 1.807) is 6.07 Å². The minimum absolute atomic E-state index is 0.0330. The molecule has 3 aromatic rings. The summed E-state index contributed by atoms with van der Waals surface area (Å²) >= 11 is 3.52. The highest BCUT2D eigenvalue weighted by Gasteiger charge is 2.30. The average molecular weight is 413 g/mol. The van der Waals surface area contributed by atoms with Gasteiger partial charge in [-0.25, -0.2) is 4.98 Å². The molecule has 26 heavy (non-hydrogen) atoms. The smallest absolute Gasteiger partial charge is 0.258 e. The minimum Gasteiger partial charge on any atom is -0.309 e. The van der Waals surface area contributed by atoms with Gasteiger partial charge >= 0.3 is 0 Å². The molecule has 1 fully saturated rings. The monoisotopic (exact) mass is 412 g/mol. The lowest BCUT2D eigenvalue weighted by Gasteiger charge is -2.37. The number of para-hydroxylation sites is 1. The number of rotatable bonds is 2. The molecule has 5 nitrogen and oxygen atoms in total. The zero-order chi connectivity index (χ0) is 18.3. The number of aryl methyl sites for hydroxylation is 1. The van der Waals surface area contributed by atoms with E-state index < -0.39 is 0 Å². The second-order valence-electron chi connectivity index (χ2n) is 6.86. The lowest BCUT2D eigenvalue weighted by Crippen LogP contribution is -2.51. The first-order valence-corrected chi connectivity index (χ1v) is 9.56. The van der Waals surface area contributed by atoms with Crippen LogP contribution in [0.2, 0.25) is 0 Å². The normalized spacial score (nSPS) is 23.3. The molecule has 0 radical (unpaired) electrons. The first kappa shape index (κ1) is 17.4. The highest BCUT2D eigenvalue weighted by Crippen LogP contribution is 2.28. The summed E-state index contributed by atoms with van der Waals surface area (Å²) in [5.41, 5.74) is 3.17. The lowest BCUT2D eigenvalue weighted by molar-refractivity contribution is 0.278. The Kier molecular flexibility index (Phi) is 4.65. The fourth-order valence-corrected chi connectivity index (χ4v) is 4.18. The Morgan fingerprint density at radius 2 is 2.00 bits per heavy atom. The van der Waals surface area contributed by atoms with E-state index in [4.69, 9.17) is 0 Å². The highest BCUT2D eigenvalue weighted by atomic mass is 79.9. The van der Waals surface area contributed by atoms with Crippen LogP contribution in [-0.4, -0.2) is 22.6 Å². The molecule has 1 aliphatic heterocycles. The van der Waals surface area contributed by atoms with Crippen LogP contribution < -0.4 is 16.2 Å². The summed E-state index contributed by atoms with van der Waals surface area (Å²) < 4.78 is 1.09. The predicted molar refractivity (Wildman–Crippen MR) is 107 cm³/mol. The fourth-order valence-electron chi connectivity index (χ4n) is 3.71. The molecule has 3 unspecified atom stereocenters. The second kappa shape index (κ2) is 6.95. The van der Waals surface area contributed by atoms with Gasteiger partial charge in [0.1, 0.15) is 5.82 Å². The molecule has 0 saturated carbocycles. The van der Waals surface area contributed by atoms with Gasteiger partial charge in [0.15, 0.2) is 0 Å². The lowest BCUT2D eigenvalue weighted by atomic mass is 9.93. The van der Waals surface area contributed by atoms with Crippen molar-refractivity contribution in [1.29, 1.82) is 0 Å². The highest BCUT2D eigenvalue weighted by molar-refractivity contribution is 9.10. The number of halogens is 1. The Balaban J connectivity index is 1.60. The molecule has 2 heterocycles. The van der Waals surface area contributed by atoms with Gasteiger partial charge in [0.05, 0.1) is 16.9 Å². The van der Waals surface area contributed by atoms with Crippen molar-refractivity contribution in [2.75, 3.05) is 6.54 Å². The number of fused-ring (bicyclic) bond motifs is 1. The van der Waals surface area contributed by atoms with Crippen molar-refractivity contribution in [3.63, 3.8) is 0 Å². The van der Waals surface area contributed by atoms with E-state index in [-0.39, 0.29) is 23.7 Å². The third-order valence-corrected chi connectivity index (χ3v) is 5.53. The summed E-state index contributed by atoms with van der Waals surface area (Å²) in [5.74, 6) is 0.680. The maximum absolute atomic E-state index is 12.3. The van der Waals surface area contributed by atoms with Crippen molar-refractivity contribution < 1.29 is 0 Å². The minimum atomic E-state index is -0.0917. The van der Waals surface area contributed by atoms with E-state index in [9.17, 15) is 4.79 Å². The van der Waals surface area contributed by atoms with Crippen molar-refractivity contribution in [2.45, 2.75) is 32.0 Å². The first-order chi connectivity index (χ1) is 12.5. The van der Waals surface area contributed by atoms with Crippen LogP contribution in [0.1, 0.15) is 36.0 Å². The zero-order valence-electron chi connectivity index (χ0n) is 14.7. The molecule has 4 rings (SSSR count). The largest absolute Gasteiger partial charge is 0.309 e. The molecule has 6 heteroatoms. The number of hydrogen-bond acceptors (Lipinski definition) is 4. The Morgan fingerprint density at radius 3 is 2.77 bits per heavy atom. The van der Waals surface area contributed by atoms with Crippen LogP contribution in [0.5, 0.6) is 0 Å². The molecule has 3 N–H and O–H groups in total. The van der Waals surface area contributed by atoms with E-state index in [0.717, 1.165) is 9.99 Å². The molecule has 1 saturated heterocycles. The predicted octanol–water partition coefficient (Wildman–Crippen LogP) is 3.36. The SMILES string of the molecule is Cc1cc(Br)ccc1C1NCC(c2nc3ccccc3c(=O)[nH]2)NC1C. The standard InChI is InChI=1S/C20H21BrN4O/c1-11-9-13(21)7-8-14(11)18-12(2)23-17(10-22-18)19-24-16-6-4-3-5-15(16)20(26)25-19/h3-9,12,17-18,22-23H,10H2,1-2H3,(H,24,25,26). The van der Waals surface area contributed by atoms with Crippen molar-refractivity contribution in [3.8, 4) is 0 Å². The van der Waals surface area contributed by atoms with Crippen molar-refractivity contribution in [3.05, 3.63) is 74.2 Å². The number of H-pyrrole nitrogens is 1. The maximum atomic E-state index is 12.3. The number of nitrogens with one attached hydrogen (secondary N) is 3. The van der Waals surface area contributed by atoms with Crippen molar-refractivity contribution in [1.82, 2.24) is 20.6 Å².